The molecule has 1 aliphatic rings. The molecule has 1 saturated heterocycles. The molecule has 0 unspecified atom stereocenters. The Kier molecular flexibility index (Phi) is 6.03. The normalized spacial score (nSPS) is 13.7. The molecule has 1 N–H and O–H groups in total. The second-order valence-corrected chi connectivity index (χ2v) is 7.30. The Bertz CT molecular complexity index is 1050. The maximum atomic E-state index is 12.5. The molecule has 6 heteroatoms. The van der Waals surface area contributed by atoms with Crippen LogP contribution >= 0.6 is 0 Å². The number of carbonyl (C=O) groups excluding carboxylic acids is 2. The maximum absolute atomic E-state index is 12.5. The number of likely N-dealkylation sites (tertiary alicyclic amines) is 1. The van der Waals surface area contributed by atoms with Crippen molar-refractivity contribution >= 4 is 17.9 Å². The van der Waals surface area contributed by atoms with Crippen LogP contribution in [0.2, 0.25) is 0 Å². The second kappa shape index (κ2) is 9.22. The number of rotatable bonds is 6. The van der Waals surface area contributed by atoms with Crippen molar-refractivity contribution in [3.63, 3.8) is 0 Å². The fourth-order valence-corrected chi connectivity index (χ4v) is 3.48. The molecule has 3 aromatic rings. The summed E-state index contributed by atoms with van der Waals surface area (Å²) in [6.07, 6.45) is 8.94. The van der Waals surface area contributed by atoms with Gasteiger partial charge >= 0.3 is 0 Å². The molecule has 0 bridgehead atoms. The molecule has 0 radical (unpaired) electrons. The lowest BCUT2D eigenvalue weighted by atomic mass is 10.1. The molecule has 2 amide bonds. The van der Waals surface area contributed by atoms with Crippen molar-refractivity contribution in [3.05, 3.63) is 89.8 Å². The van der Waals surface area contributed by atoms with E-state index in [1.165, 1.54) is 6.08 Å². The first-order valence-electron chi connectivity index (χ1n) is 10.1. The van der Waals surface area contributed by atoms with Crippen molar-refractivity contribution in [2.45, 2.75) is 19.4 Å². The Morgan fingerprint density at radius 3 is 2.63 bits per heavy atom. The molecule has 2 aromatic carbocycles. The highest BCUT2D eigenvalue weighted by Gasteiger charge is 2.19. The lowest BCUT2D eigenvalue weighted by Crippen LogP contribution is -2.27. The lowest BCUT2D eigenvalue weighted by molar-refractivity contribution is -0.116. The van der Waals surface area contributed by atoms with Crippen LogP contribution < -0.4 is 5.32 Å². The molecule has 0 spiro atoms. The van der Waals surface area contributed by atoms with E-state index in [0.29, 0.717) is 12.1 Å². The number of benzene rings is 2. The summed E-state index contributed by atoms with van der Waals surface area (Å²) in [4.78, 5) is 26.6. The van der Waals surface area contributed by atoms with Gasteiger partial charge in [0.25, 0.3) is 5.91 Å². The summed E-state index contributed by atoms with van der Waals surface area (Å²) in [6.45, 7) is 2.02. The van der Waals surface area contributed by atoms with E-state index in [4.69, 9.17) is 0 Å². The van der Waals surface area contributed by atoms with Gasteiger partial charge in [-0.15, -0.1) is 0 Å². The fourth-order valence-electron chi connectivity index (χ4n) is 3.48. The third-order valence-electron chi connectivity index (χ3n) is 5.08. The van der Waals surface area contributed by atoms with Gasteiger partial charge in [0.15, 0.2) is 0 Å². The Hall–Kier alpha value is -3.67. The molecule has 1 fully saturated rings. The van der Waals surface area contributed by atoms with Gasteiger partial charge in [-0.05, 0) is 48.7 Å². The Balaban J connectivity index is 1.32. The minimum Gasteiger partial charge on any atom is -0.348 e. The van der Waals surface area contributed by atoms with Crippen LogP contribution in [0.25, 0.3) is 11.8 Å². The quantitative estimate of drug-likeness (QED) is 0.645. The zero-order chi connectivity index (χ0) is 20.8. The van der Waals surface area contributed by atoms with Gasteiger partial charge in [-0.3, -0.25) is 9.59 Å². The molecule has 1 aromatic heterocycles. The van der Waals surface area contributed by atoms with E-state index in [9.17, 15) is 9.59 Å². The van der Waals surface area contributed by atoms with Crippen molar-refractivity contribution in [1.82, 2.24) is 20.0 Å². The number of aromatic nitrogens is 2. The summed E-state index contributed by atoms with van der Waals surface area (Å²) in [5, 5.41) is 7.18. The SMILES string of the molecule is O=C(C=Cc1cnn(-c2ccccc2)c1)NCc1cccc(C(=O)N2CCCC2)c1. The summed E-state index contributed by atoms with van der Waals surface area (Å²) in [5.41, 5.74) is 3.38. The average Bonchev–Trinajstić information content (AvgIpc) is 3.49. The first kappa shape index (κ1) is 19.6. The highest BCUT2D eigenvalue weighted by Crippen LogP contribution is 2.14. The van der Waals surface area contributed by atoms with Gasteiger partial charge in [-0.2, -0.15) is 5.10 Å². The minimum atomic E-state index is -0.196. The molecule has 2 heterocycles. The van der Waals surface area contributed by atoms with Gasteiger partial charge in [0.05, 0.1) is 11.9 Å². The van der Waals surface area contributed by atoms with Crippen LogP contribution in [-0.2, 0) is 11.3 Å². The van der Waals surface area contributed by atoms with E-state index in [1.54, 1.807) is 17.0 Å². The predicted octanol–water partition coefficient (Wildman–Crippen LogP) is 3.44. The van der Waals surface area contributed by atoms with Gasteiger partial charge in [-0.1, -0.05) is 30.3 Å². The maximum Gasteiger partial charge on any atom is 0.253 e. The van der Waals surface area contributed by atoms with E-state index >= 15 is 0 Å². The monoisotopic (exact) mass is 400 g/mol. The van der Waals surface area contributed by atoms with E-state index in [-0.39, 0.29) is 11.8 Å². The zero-order valence-electron chi connectivity index (χ0n) is 16.7. The van der Waals surface area contributed by atoms with E-state index in [2.05, 4.69) is 10.4 Å². The number of hydrogen-bond acceptors (Lipinski definition) is 3. The standard InChI is InChI=1S/C24H24N4O2/c29-23(12-11-20-17-26-28(18-20)22-9-2-1-3-10-22)25-16-19-7-6-8-21(15-19)24(30)27-13-4-5-14-27/h1-3,6-12,15,17-18H,4-5,13-14,16H2,(H,25,29). The number of nitrogens with zero attached hydrogens (tertiary/aromatic N) is 3. The molecular weight excluding hydrogens is 376 g/mol. The predicted molar refractivity (Wildman–Crippen MR) is 116 cm³/mol. The largest absolute Gasteiger partial charge is 0.348 e. The van der Waals surface area contributed by atoms with Crippen LogP contribution in [-0.4, -0.2) is 39.6 Å². The third kappa shape index (κ3) is 4.84. The Morgan fingerprint density at radius 1 is 1.03 bits per heavy atom. The number of carbonyl (C=O) groups is 2. The Morgan fingerprint density at radius 2 is 1.83 bits per heavy atom. The van der Waals surface area contributed by atoms with Gasteiger partial charge in [0.1, 0.15) is 0 Å². The molecule has 0 aliphatic carbocycles. The number of hydrogen-bond donors (Lipinski definition) is 1. The Labute approximate surface area is 175 Å². The van der Waals surface area contributed by atoms with Crippen LogP contribution in [0.4, 0.5) is 0 Å². The van der Waals surface area contributed by atoms with E-state index < -0.39 is 0 Å². The average molecular weight is 400 g/mol. The van der Waals surface area contributed by atoms with Crippen LogP contribution in [0.5, 0.6) is 0 Å². The highest BCUT2D eigenvalue weighted by atomic mass is 16.2. The number of amides is 2. The first-order chi connectivity index (χ1) is 14.7. The molecule has 30 heavy (non-hydrogen) atoms. The van der Waals surface area contributed by atoms with E-state index in [0.717, 1.165) is 42.7 Å². The summed E-state index contributed by atoms with van der Waals surface area (Å²) < 4.78 is 1.76. The second-order valence-electron chi connectivity index (χ2n) is 7.30. The summed E-state index contributed by atoms with van der Waals surface area (Å²) in [5.74, 6) is -0.130. The van der Waals surface area contributed by atoms with Crippen molar-refractivity contribution in [2.24, 2.45) is 0 Å². The van der Waals surface area contributed by atoms with Crippen molar-refractivity contribution < 1.29 is 9.59 Å². The van der Waals surface area contributed by atoms with Crippen molar-refractivity contribution in [2.75, 3.05) is 13.1 Å². The number of nitrogens with one attached hydrogen (secondary N) is 1. The smallest absolute Gasteiger partial charge is 0.253 e. The van der Waals surface area contributed by atoms with Crippen LogP contribution in [0.15, 0.2) is 73.1 Å². The molecule has 0 atom stereocenters. The van der Waals surface area contributed by atoms with Crippen LogP contribution in [0, 0.1) is 0 Å². The fraction of sp³-hybridized carbons (Fsp3) is 0.208. The first-order valence-corrected chi connectivity index (χ1v) is 10.1. The van der Waals surface area contributed by atoms with E-state index in [1.807, 2.05) is 65.7 Å². The lowest BCUT2D eigenvalue weighted by Gasteiger charge is -2.15. The molecule has 4 rings (SSSR count). The number of para-hydroxylation sites is 1. The molecule has 0 saturated carbocycles. The van der Waals surface area contributed by atoms with Crippen LogP contribution in [0.3, 0.4) is 0 Å². The van der Waals surface area contributed by atoms with Gasteiger partial charge in [-0.25, -0.2) is 4.68 Å². The third-order valence-corrected chi connectivity index (χ3v) is 5.08. The van der Waals surface area contributed by atoms with Crippen molar-refractivity contribution in [1.29, 1.82) is 0 Å². The summed E-state index contributed by atoms with van der Waals surface area (Å²) >= 11 is 0. The van der Waals surface area contributed by atoms with Crippen molar-refractivity contribution in [3.8, 4) is 5.69 Å². The minimum absolute atomic E-state index is 0.0657. The van der Waals surface area contributed by atoms with Gasteiger partial charge in [0.2, 0.25) is 5.91 Å². The summed E-state index contributed by atoms with van der Waals surface area (Å²) in [7, 11) is 0. The zero-order valence-corrected chi connectivity index (χ0v) is 16.7. The topological polar surface area (TPSA) is 67.2 Å². The molecular formula is C24H24N4O2. The van der Waals surface area contributed by atoms with Crippen LogP contribution in [0.1, 0.15) is 34.3 Å². The van der Waals surface area contributed by atoms with Gasteiger partial charge < -0.3 is 10.2 Å². The molecule has 1 aliphatic heterocycles. The summed E-state index contributed by atoms with van der Waals surface area (Å²) in [6, 6.07) is 17.3. The molecule has 152 valence electrons. The highest BCUT2D eigenvalue weighted by molar-refractivity contribution is 5.94. The molecule has 6 nitrogen and oxygen atoms in total. The van der Waals surface area contributed by atoms with Gasteiger partial charge in [0, 0.05) is 43.0 Å².